The number of aliphatic carboxylic acids is 1. The van der Waals surface area contributed by atoms with Crippen LogP contribution in [0.2, 0.25) is 0 Å². The second-order valence-corrected chi connectivity index (χ2v) is 13.7. The van der Waals surface area contributed by atoms with Gasteiger partial charge in [0.2, 0.25) is 5.91 Å². The van der Waals surface area contributed by atoms with Gasteiger partial charge >= 0.3 is 18.1 Å². The third kappa shape index (κ3) is 8.83. The van der Waals surface area contributed by atoms with E-state index in [1.165, 1.54) is 4.90 Å². The zero-order valence-electron chi connectivity index (χ0n) is 31.2. The molecule has 6 rings (SSSR count). The fourth-order valence-electron chi connectivity index (χ4n) is 7.06. The van der Waals surface area contributed by atoms with Crippen molar-refractivity contribution in [3.8, 4) is 11.5 Å². The minimum absolute atomic E-state index is 0.142. The van der Waals surface area contributed by atoms with Gasteiger partial charge in [0, 0.05) is 24.6 Å². The molecule has 0 spiro atoms. The highest BCUT2D eigenvalue weighted by Gasteiger charge is 2.80. The van der Waals surface area contributed by atoms with Crippen LogP contribution in [0, 0.1) is 0 Å². The van der Waals surface area contributed by atoms with Crippen LogP contribution in [0.5, 0.6) is 11.5 Å². The number of fused-ring (bicyclic) bond motifs is 1. The number of alkyl halides is 3. The van der Waals surface area contributed by atoms with Crippen LogP contribution in [0.15, 0.2) is 97.2 Å². The van der Waals surface area contributed by atoms with Gasteiger partial charge in [-0.25, -0.2) is 14.6 Å². The molecule has 4 aromatic rings. The van der Waals surface area contributed by atoms with Gasteiger partial charge in [0.05, 0.1) is 24.4 Å². The number of para-hydroxylation sites is 1. The molecule has 0 radical (unpaired) electrons. The van der Waals surface area contributed by atoms with Crippen molar-refractivity contribution in [3.05, 3.63) is 114 Å². The number of carbonyl (C=O) groups excluding carboxylic acids is 5. The lowest BCUT2D eigenvalue weighted by atomic mass is 9.65. The van der Waals surface area contributed by atoms with E-state index in [2.05, 4.69) is 15.6 Å². The van der Waals surface area contributed by atoms with Crippen molar-refractivity contribution in [1.82, 2.24) is 15.6 Å². The van der Waals surface area contributed by atoms with Crippen molar-refractivity contribution in [2.75, 3.05) is 30.3 Å². The molecule has 2 aliphatic heterocycles. The molecule has 14 nitrogen and oxygen atoms in total. The maximum atomic E-state index is 14.4. The number of unbranched alkanes of at least 4 members (excludes halogenated alkanes) is 1. The largest absolute Gasteiger partial charge is 0.490 e. The van der Waals surface area contributed by atoms with E-state index in [-0.39, 0.29) is 25.3 Å². The number of rotatable bonds is 15. The van der Waals surface area contributed by atoms with Crippen LogP contribution in [-0.4, -0.2) is 83.4 Å². The highest BCUT2D eigenvalue weighted by molar-refractivity contribution is 6.10. The highest BCUT2D eigenvalue weighted by atomic mass is 19.4. The third-order valence-corrected chi connectivity index (χ3v) is 10.1. The molecule has 0 saturated carbocycles. The van der Waals surface area contributed by atoms with E-state index in [9.17, 15) is 37.1 Å². The first-order valence-electron chi connectivity index (χ1n) is 18.0. The number of carbonyl (C=O) groups is 6. The number of nitrogens with two attached hydrogens (primary N) is 1. The maximum Gasteiger partial charge on any atom is 0.490 e. The number of hydrogen-bond donors (Lipinski definition) is 4. The average molecular weight is 804 g/mol. The number of nitrogens with zero attached hydrogens (tertiary/aromatic N) is 2. The van der Waals surface area contributed by atoms with Crippen molar-refractivity contribution >= 4 is 47.8 Å². The van der Waals surface area contributed by atoms with Crippen molar-refractivity contribution in [2.45, 2.75) is 55.3 Å². The van der Waals surface area contributed by atoms with Crippen molar-refractivity contribution < 1.29 is 56.5 Å². The number of nitrogen functional groups attached to an aromatic ring is 1. The summed E-state index contributed by atoms with van der Waals surface area (Å²) in [4.78, 5) is 80.9. The summed E-state index contributed by atoms with van der Waals surface area (Å²) in [6.45, 7) is 1.78. The molecule has 58 heavy (non-hydrogen) atoms. The molecule has 2 aliphatic rings. The lowest BCUT2D eigenvalue weighted by molar-refractivity contribution is -0.192. The highest BCUT2D eigenvalue weighted by Crippen LogP contribution is 2.54. The number of carboxylic acids is 1. The van der Waals surface area contributed by atoms with E-state index >= 15 is 0 Å². The Bertz CT molecular complexity index is 2160. The summed E-state index contributed by atoms with van der Waals surface area (Å²) >= 11 is 0. The van der Waals surface area contributed by atoms with Gasteiger partial charge in [0.15, 0.2) is 17.1 Å². The zero-order chi connectivity index (χ0) is 42.1. The van der Waals surface area contributed by atoms with E-state index in [1.807, 2.05) is 12.1 Å². The number of ether oxygens (including phenoxy) is 2. The van der Waals surface area contributed by atoms with Gasteiger partial charge in [0.25, 0.3) is 5.91 Å². The van der Waals surface area contributed by atoms with E-state index < -0.39 is 46.4 Å². The number of hydrogen-bond acceptors (Lipinski definition) is 11. The zero-order valence-corrected chi connectivity index (χ0v) is 31.2. The third-order valence-electron chi connectivity index (χ3n) is 10.1. The number of aryl methyl sites for hydroxylation is 1. The number of halogens is 3. The van der Waals surface area contributed by atoms with Gasteiger partial charge in [0.1, 0.15) is 23.9 Å². The Hall–Kier alpha value is -6.62. The number of nitrogens with one attached hydrogen (secondary N) is 2. The first-order chi connectivity index (χ1) is 27.6. The van der Waals surface area contributed by atoms with Gasteiger partial charge < -0.3 is 40.1 Å². The molecule has 304 valence electrons. The molecule has 1 fully saturated rings. The number of amides is 2. The van der Waals surface area contributed by atoms with Crippen LogP contribution in [-0.2, 0) is 35.8 Å². The first kappa shape index (κ1) is 42.5. The molecule has 2 unspecified atom stereocenters. The normalized spacial score (nSPS) is 19.5. The molecular weight excluding hydrogens is 763 g/mol. The molecule has 17 heteroatoms. The van der Waals surface area contributed by atoms with Crippen LogP contribution in [0.4, 0.5) is 24.7 Å². The molecule has 5 N–H and O–H groups in total. The standard InChI is InChI=1S/C39H39N5O7.C2HF3O2/c1-37(28-12-4-2-5-13-28,39(38(26-46,43-39)19-21-45)36(49)51-29-14-6-3-7-15-29)25-44-31-18-17-27(23-30(31)35(48)42-24-33(44)47)11-8-9-22-50-32-16-10-20-41-34(32)40;3-2(4,5)1(6)7/h2-7,10,12-18,20-21,23,26,43H,8-9,11,19,22,24-25H2,1H3,(H2,40,41)(H,42,48);(H,6,7)/t37?,38?,39-;/m1./s1. The van der Waals surface area contributed by atoms with E-state index in [0.29, 0.717) is 54.0 Å². The summed E-state index contributed by atoms with van der Waals surface area (Å²) in [6, 6.07) is 26.3. The van der Waals surface area contributed by atoms with Crippen molar-refractivity contribution in [1.29, 1.82) is 0 Å². The monoisotopic (exact) mass is 803 g/mol. The van der Waals surface area contributed by atoms with Gasteiger partial charge in [-0.05, 0) is 66.8 Å². The topological polar surface area (TPSA) is 217 Å². The molecule has 3 aromatic carbocycles. The van der Waals surface area contributed by atoms with E-state index in [4.69, 9.17) is 25.1 Å². The minimum Gasteiger partial charge on any atom is -0.490 e. The number of aldehydes is 2. The summed E-state index contributed by atoms with van der Waals surface area (Å²) in [7, 11) is 0. The average Bonchev–Trinajstić information content (AvgIpc) is 3.92. The summed E-state index contributed by atoms with van der Waals surface area (Å²) in [6.07, 6.45) is -0.503. The summed E-state index contributed by atoms with van der Waals surface area (Å²) in [5.74, 6) is -3.26. The summed E-state index contributed by atoms with van der Waals surface area (Å²) < 4.78 is 43.4. The molecule has 3 heterocycles. The lowest BCUT2D eigenvalue weighted by Crippen LogP contribution is -2.60. The second kappa shape index (κ2) is 17.7. The van der Waals surface area contributed by atoms with Gasteiger partial charge in [-0.3, -0.25) is 14.9 Å². The number of carboxylic acid groups (broad SMARTS) is 1. The molecule has 3 atom stereocenters. The number of benzene rings is 3. The molecular formula is C41H40F3N5O9. The summed E-state index contributed by atoms with van der Waals surface area (Å²) in [5, 5.41) is 12.9. The lowest BCUT2D eigenvalue weighted by Gasteiger charge is -2.41. The van der Waals surface area contributed by atoms with Crippen LogP contribution in [0.25, 0.3) is 0 Å². The molecule has 0 bridgehead atoms. The minimum atomic E-state index is -5.08. The van der Waals surface area contributed by atoms with Crippen LogP contribution in [0.1, 0.15) is 47.7 Å². The molecule has 2 amide bonds. The van der Waals surface area contributed by atoms with Crippen LogP contribution < -0.4 is 30.7 Å². The Balaban J connectivity index is 0.000000839. The van der Waals surface area contributed by atoms with Crippen molar-refractivity contribution in [2.24, 2.45) is 0 Å². The van der Waals surface area contributed by atoms with Crippen LogP contribution >= 0.6 is 0 Å². The molecule has 1 saturated heterocycles. The quantitative estimate of drug-likeness (QED) is 0.0437. The Morgan fingerprint density at radius 1 is 0.983 bits per heavy atom. The molecule has 0 aliphatic carbocycles. The number of pyridine rings is 1. The number of anilines is 2. The SMILES string of the molecule is CC(CN1C(=O)CNC(=O)c2cc(CCCCOc3cccnc3N)ccc21)(c1ccccc1)[C@@]1(C(=O)Oc2ccccc2)NC1(C=O)CC=O.O=C(O)C(F)(F)F. The molecule has 1 aromatic heterocycles. The Morgan fingerprint density at radius 2 is 1.66 bits per heavy atom. The van der Waals surface area contributed by atoms with Crippen molar-refractivity contribution in [3.63, 3.8) is 0 Å². The second-order valence-electron chi connectivity index (χ2n) is 13.7. The Morgan fingerprint density at radius 3 is 2.28 bits per heavy atom. The predicted molar refractivity (Wildman–Crippen MR) is 203 cm³/mol. The number of aromatic nitrogens is 1. The summed E-state index contributed by atoms with van der Waals surface area (Å²) in [5.41, 5.74) is 3.27. The fraction of sp³-hybridized carbons (Fsp3) is 0.293. The van der Waals surface area contributed by atoms with Gasteiger partial charge in [-0.15, -0.1) is 0 Å². The van der Waals surface area contributed by atoms with E-state index in [1.54, 1.807) is 92.0 Å². The predicted octanol–water partition coefficient (Wildman–Crippen LogP) is 4.21. The first-order valence-corrected chi connectivity index (χ1v) is 18.0. The van der Waals surface area contributed by atoms with Crippen LogP contribution in [0.3, 0.4) is 0 Å². The maximum absolute atomic E-state index is 14.4. The fourth-order valence-corrected chi connectivity index (χ4v) is 7.06. The Kier molecular flexibility index (Phi) is 13.0. The Labute approximate surface area is 330 Å². The number of esters is 1. The van der Waals surface area contributed by atoms with E-state index in [0.717, 1.165) is 18.4 Å². The smallest absolute Gasteiger partial charge is 0.490 e. The van der Waals surface area contributed by atoms with Gasteiger partial charge in [-0.2, -0.15) is 13.2 Å². The van der Waals surface area contributed by atoms with Gasteiger partial charge in [-0.1, -0.05) is 61.5 Å².